The van der Waals surface area contributed by atoms with Crippen molar-refractivity contribution in [1.82, 2.24) is 0 Å². The molecule has 98 valence electrons. The van der Waals surface area contributed by atoms with E-state index >= 15 is 0 Å². The summed E-state index contributed by atoms with van der Waals surface area (Å²) in [6.45, 7) is 2.20. The van der Waals surface area contributed by atoms with Gasteiger partial charge < -0.3 is 4.90 Å². The molecule has 0 aliphatic carbocycles. The molecule has 0 spiro atoms. The van der Waals surface area contributed by atoms with E-state index in [0.717, 1.165) is 17.7 Å². The number of benzene rings is 1. The van der Waals surface area contributed by atoms with Crippen molar-refractivity contribution in [3.63, 3.8) is 0 Å². The van der Waals surface area contributed by atoms with Crippen molar-refractivity contribution in [1.29, 1.82) is 0 Å². The molecule has 1 aromatic rings. The lowest BCUT2D eigenvalue weighted by atomic mass is 10.1. The second kappa shape index (κ2) is 4.19. The minimum Gasteiger partial charge on any atom is -0.312 e. The van der Waals surface area contributed by atoms with Gasteiger partial charge in [0.15, 0.2) is 0 Å². The number of hydrogen-bond donors (Lipinski definition) is 0. The van der Waals surface area contributed by atoms with Gasteiger partial charge in [-0.25, -0.2) is 0 Å². The number of anilines is 2. The van der Waals surface area contributed by atoms with Crippen LogP contribution in [-0.2, 0) is 20.8 Å². The Hall–Kier alpha value is -2.17. The van der Waals surface area contributed by atoms with Crippen molar-refractivity contribution in [3.05, 3.63) is 23.8 Å². The van der Waals surface area contributed by atoms with E-state index in [4.69, 9.17) is 0 Å². The standard InChI is InChI=1S/C14H14N2O3/c1-9(17)15-7-6-10-8-11(2-3-12(10)15)16-13(18)4-5-14(16)19/h2-3,8H,4-7H2,1H3. The van der Waals surface area contributed by atoms with Gasteiger partial charge >= 0.3 is 0 Å². The van der Waals surface area contributed by atoms with Crippen molar-refractivity contribution in [2.75, 3.05) is 16.3 Å². The Kier molecular flexibility index (Phi) is 2.62. The van der Waals surface area contributed by atoms with E-state index < -0.39 is 0 Å². The molecule has 2 aliphatic heterocycles. The fourth-order valence-corrected chi connectivity index (χ4v) is 2.72. The summed E-state index contributed by atoms with van der Waals surface area (Å²) in [5.41, 5.74) is 2.52. The van der Waals surface area contributed by atoms with Gasteiger partial charge in [-0.15, -0.1) is 0 Å². The lowest BCUT2D eigenvalue weighted by Gasteiger charge is -2.17. The highest BCUT2D eigenvalue weighted by Gasteiger charge is 2.31. The first-order chi connectivity index (χ1) is 9.08. The normalized spacial score (nSPS) is 18.2. The molecule has 2 aliphatic rings. The largest absolute Gasteiger partial charge is 0.312 e. The van der Waals surface area contributed by atoms with Crippen molar-refractivity contribution in [3.8, 4) is 0 Å². The lowest BCUT2D eigenvalue weighted by Crippen LogP contribution is -2.28. The van der Waals surface area contributed by atoms with Crippen molar-refractivity contribution in [2.45, 2.75) is 26.2 Å². The molecule has 1 fully saturated rings. The zero-order valence-corrected chi connectivity index (χ0v) is 10.7. The van der Waals surface area contributed by atoms with Crippen LogP contribution in [0.1, 0.15) is 25.3 Å². The topological polar surface area (TPSA) is 57.7 Å². The van der Waals surface area contributed by atoms with Crippen molar-refractivity contribution in [2.24, 2.45) is 0 Å². The number of carbonyl (C=O) groups is 3. The fraction of sp³-hybridized carbons (Fsp3) is 0.357. The van der Waals surface area contributed by atoms with Gasteiger partial charge in [0.2, 0.25) is 17.7 Å². The first-order valence-electron chi connectivity index (χ1n) is 6.35. The maximum absolute atomic E-state index is 11.7. The summed E-state index contributed by atoms with van der Waals surface area (Å²) in [4.78, 5) is 37.8. The molecule has 5 nitrogen and oxygen atoms in total. The SMILES string of the molecule is CC(=O)N1CCc2cc(N3C(=O)CCC3=O)ccc21. The molecule has 0 unspecified atom stereocenters. The molecule has 2 heterocycles. The summed E-state index contributed by atoms with van der Waals surface area (Å²) < 4.78 is 0. The molecule has 0 N–H and O–H groups in total. The minimum absolute atomic E-state index is 0.0137. The quantitative estimate of drug-likeness (QED) is 0.712. The number of rotatable bonds is 1. The Morgan fingerprint density at radius 3 is 2.42 bits per heavy atom. The van der Waals surface area contributed by atoms with Crippen LogP contribution < -0.4 is 9.80 Å². The molecular formula is C14H14N2O3. The number of fused-ring (bicyclic) bond motifs is 1. The lowest BCUT2D eigenvalue weighted by molar-refractivity contribution is -0.121. The maximum Gasteiger partial charge on any atom is 0.234 e. The molecule has 0 bridgehead atoms. The Morgan fingerprint density at radius 1 is 1.11 bits per heavy atom. The van der Waals surface area contributed by atoms with E-state index in [-0.39, 0.29) is 30.6 Å². The van der Waals surface area contributed by atoms with Gasteiger partial charge in [-0.2, -0.15) is 0 Å². The third-order valence-corrected chi connectivity index (χ3v) is 3.65. The number of imide groups is 1. The van der Waals surface area contributed by atoms with Gasteiger partial charge in [-0.3, -0.25) is 19.3 Å². The molecule has 19 heavy (non-hydrogen) atoms. The minimum atomic E-state index is -0.147. The van der Waals surface area contributed by atoms with E-state index in [9.17, 15) is 14.4 Å². The summed E-state index contributed by atoms with van der Waals surface area (Å²) in [5.74, 6) is -0.280. The highest BCUT2D eigenvalue weighted by atomic mass is 16.2. The molecule has 3 rings (SSSR count). The summed E-state index contributed by atoms with van der Waals surface area (Å²) in [5, 5.41) is 0. The van der Waals surface area contributed by atoms with E-state index in [1.807, 2.05) is 12.1 Å². The first kappa shape index (κ1) is 11.9. The van der Waals surface area contributed by atoms with Crippen LogP contribution in [0.25, 0.3) is 0 Å². The van der Waals surface area contributed by atoms with Crippen molar-refractivity contribution < 1.29 is 14.4 Å². The molecular weight excluding hydrogens is 244 g/mol. The Morgan fingerprint density at radius 2 is 1.79 bits per heavy atom. The van der Waals surface area contributed by atoms with E-state index in [2.05, 4.69) is 0 Å². The molecule has 0 atom stereocenters. The number of hydrogen-bond acceptors (Lipinski definition) is 3. The van der Waals surface area contributed by atoms with Crippen LogP contribution in [0.3, 0.4) is 0 Å². The van der Waals surface area contributed by atoms with Crippen LogP contribution >= 0.6 is 0 Å². The smallest absolute Gasteiger partial charge is 0.234 e. The number of amides is 3. The molecule has 1 aromatic carbocycles. The first-order valence-corrected chi connectivity index (χ1v) is 6.35. The number of nitrogens with zero attached hydrogens (tertiary/aromatic N) is 2. The fourth-order valence-electron chi connectivity index (χ4n) is 2.72. The van der Waals surface area contributed by atoms with Crippen LogP contribution in [0.4, 0.5) is 11.4 Å². The highest BCUT2D eigenvalue weighted by molar-refractivity contribution is 6.20. The maximum atomic E-state index is 11.7. The third kappa shape index (κ3) is 1.82. The van der Waals surface area contributed by atoms with Crippen LogP contribution in [0.5, 0.6) is 0 Å². The van der Waals surface area contributed by atoms with Crippen LogP contribution in [0, 0.1) is 0 Å². The molecule has 0 aromatic heterocycles. The van der Waals surface area contributed by atoms with Gasteiger partial charge in [0, 0.05) is 32.0 Å². The zero-order valence-electron chi connectivity index (χ0n) is 10.7. The Balaban J connectivity index is 1.97. The van der Waals surface area contributed by atoms with E-state index in [1.165, 1.54) is 11.8 Å². The average Bonchev–Trinajstić information content (AvgIpc) is 2.92. The van der Waals surface area contributed by atoms with E-state index in [1.54, 1.807) is 11.0 Å². The Labute approximate surface area is 110 Å². The van der Waals surface area contributed by atoms with Gasteiger partial charge in [-0.05, 0) is 30.2 Å². The molecule has 0 saturated carbocycles. The molecule has 1 saturated heterocycles. The Bertz CT molecular complexity index is 578. The second-order valence-electron chi connectivity index (χ2n) is 4.86. The molecule has 3 amide bonds. The summed E-state index contributed by atoms with van der Waals surface area (Å²) >= 11 is 0. The third-order valence-electron chi connectivity index (χ3n) is 3.65. The molecule has 0 radical (unpaired) electrons. The predicted molar refractivity (Wildman–Crippen MR) is 69.9 cm³/mol. The highest BCUT2D eigenvalue weighted by Crippen LogP contribution is 2.33. The van der Waals surface area contributed by atoms with Crippen LogP contribution in [0.2, 0.25) is 0 Å². The van der Waals surface area contributed by atoms with Gasteiger partial charge in [0.1, 0.15) is 0 Å². The van der Waals surface area contributed by atoms with Crippen LogP contribution in [0.15, 0.2) is 18.2 Å². The average molecular weight is 258 g/mol. The van der Waals surface area contributed by atoms with Gasteiger partial charge in [0.25, 0.3) is 0 Å². The zero-order chi connectivity index (χ0) is 13.6. The van der Waals surface area contributed by atoms with E-state index in [0.29, 0.717) is 12.2 Å². The molecule has 5 heteroatoms. The summed E-state index contributed by atoms with van der Waals surface area (Å²) in [7, 11) is 0. The predicted octanol–water partition coefficient (Wildman–Crippen LogP) is 1.25. The monoisotopic (exact) mass is 258 g/mol. The summed E-state index contributed by atoms with van der Waals surface area (Å²) in [6, 6.07) is 5.40. The van der Waals surface area contributed by atoms with Gasteiger partial charge in [-0.1, -0.05) is 0 Å². The number of carbonyl (C=O) groups excluding carboxylic acids is 3. The summed E-state index contributed by atoms with van der Waals surface area (Å²) in [6.07, 6.45) is 1.34. The van der Waals surface area contributed by atoms with Gasteiger partial charge in [0.05, 0.1) is 5.69 Å². The van der Waals surface area contributed by atoms with Crippen molar-refractivity contribution >= 4 is 29.1 Å². The second-order valence-corrected chi connectivity index (χ2v) is 4.86. The van der Waals surface area contributed by atoms with Crippen LogP contribution in [-0.4, -0.2) is 24.3 Å².